The van der Waals surface area contributed by atoms with Gasteiger partial charge in [0.15, 0.2) is 0 Å². The molecule has 24 heavy (non-hydrogen) atoms. The Morgan fingerprint density at radius 1 is 1.25 bits per heavy atom. The molecular formula is C19H16ClF2NO. The Hall–Kier alpha value is -2.04. The molecule has 0 unspecified atom stereocenters. The number of halogens is 3. The normalized spacial score (nSPS) is 17.8. The molecule has 1 heterocycles. The molecule has 0 saturated heterocycles. The second kappa shape index (κ2) is 7.24. The Bertz CT molecular complexity index is 799. The van der Waals surface area contributed by atoms with Gasteiger partial charge < -0.3 is 4.74 Å². The first kappa shape index (κ1) is 16.8. The minimum atomic E-state index is -0.550. The summed E-state index contributed by atoms with van der Waals surface area (Å²) in [6.07, 6.45) is 3.79. The van der Waals surface area contributed by atoms with Gasteiger partial charge in [-0.2, -0.15) is 4.39 Å². The van der Waals surface area contributed by atoms with E-state index in [1.54, 1.807) is 31.4 Å². The molecule has 0 saturated carbocycles. The first-order valence-electron chi connectivity index (χ1n) is 7.56. The van der Waals surface area contributed by atoms with Crippen LogP contribution < -0.4 is 0 Å². The van der Waals surface area contributed by atoms with Gasteiger partial charge in [0.05, 0.1) is 6.10 Å². The number of nitrogens with zero attached hydrogens (tertiary/aromatic N) is 1. The molecule has 1 atom stereocenters. The third kappa shape index (κ3) is 3.55. The van der Waals surface area contributed by atoms with Crippen LogP contribution in [0.15, 0.2) is 60.1 Å². The van der Waals surface area contributed by atoms with Crippen LogP contribution in [-0.4, -0.2) is 18.2 Å². The average molecular weight is 348 g/mol. The molecule has 0 amide bonds. The molecule has 5 heteroatoms. The first-order chi connectivity index (χ1) is 11.6. The third-order valence-electron chi connectivity index (χ3n) is 4.02. The lowest BCUT2D eigenvalue weighted by atomic mass is 9.88. The molecule has 124 valence electrons. The predicted octanol–water partition coefficient (Wildman–Crippen LogP) is 5.14. The van der Waals surface area contributed by atoms with Gasteiger partial charge in [-0.3, -0.25) is 0 Å². The summed E-state index contributed by atoms with van der Waals surface area (Å²) in [6, 6.07) is 9.95. The van der Waals surface area contributed by atoms with Gasteiger partial charge in [0.2, 0.25) is 5.95 Å². The second-order valence-corrected chi connectivity index (χ2v) is 6.03. The number of rotatable bonds is 4. The average Bonchev–Trinajstić information content (AvgIpc) is 2.58. The highest BCUT2D eigenvalue weighted by Crippen LogP contribution is 2.37. The molecule has 0 fully saturated rings. The lowest BCUT2D eigenvalue weighted by Gasteiger charge is -2.25. The molecular weight excluding hydrogens is 332 g/mol. The number of ether oxygens (including phenoxy) is 1. The van der Waals surface area contributed by atoms with Gasteiger partial charge in [-0.05, 0) is 41.3 Å². The Balaban J connectivity index is 1.96. The molecule has 0 radical (unpaired) electrons. The molecule has 0 N–H and O–H groups in total. The maximum Gasteiger partial charge on any atom is 0.212 e. The highest BCUT2D eigenvalue weighted by Gasteiger charge is 2.26. The van der Waals surface area contributed by atoms with Gasteiger partial charge in [0.1, 0.15) is 5.83 Å². The van der Waals surface area contributed by atoms with Crippen molar-refractivity contribution in [2.45, 2.75) is 18.9 Å². The van der Waals surface area contributed by atoms with E-state index in [0.717, 1.165) is 5.56 Å². The van der Waals surface area contributed by atoms with Crippen molar-refractivity contribution in [1.29, 1.82) is 0 Å². The van der Waals surface area contributed by atoms with Gasteiger partial charge in [-0.1, -0.05) is 35.9 Å². The number of hydrogen-bond acceptors (Lipinski definition) is 2. The van der Waals surface area contributed by atoms with Crippen molar-refractivity contribution in [3.8, 4) is 0 Å². The van der Waals surface area contributed by atoms with Crippen molar-refractivity contribution in [3.63, 3.8) is 0 Å². The Morgan fingerprint density at radius 3 is 2.75 bits per heavy atom. The van der Waals surface area contributed by atoms with Crippen molar-refractivity contribution in [1.82, 2.24) is 4.98 Å². The smallest absolute Gasteiger partial charge is 0.212 e. The van der Waals surface area contributed by atoms with Crippen LogP contribution in [0.2, 0.25) is 5.02 Å². The number of hydrogen-bond donors (Lipinski definition) is 0. The lowest BCUT2D eigenvalue weighted by Crippen LogP contribution is -2.18. The fourth-order valence-electron chi connectivity index (χ4n) is 2.83. The number of pyridine rings is 1. The van der Waals surface area contributed by atoms with E-state index in [1.807, 2.05) is 12.1 Å². The van der Waals surface area contributed by atoms with E-state index in [2.05, 4.69) is 4.98 Å². The monoisotopic (exact) mass is 347 g/mol. The first-order valence-corrected chi connectivity index (χ1v) is 7.94. The largest absolute Gasteiger partial charge is 0.376 e. The van der Waals surface area contributed by atoms with Crippen molar-refractivity contribution in [3.05, 3.63) is 82.2 Å². The summed E-state index contributed by atoms with van der Waals surface area (Å²) in [5, 5.41) is 0.543. The summed E-state index contributed by atoms with van der Waals surface area (Å²) in [4.78, 5) is 3.62. The number of methoxy groups -OCH3 is 1. The van der Waals surface area contributed by atoms with Gasteiger partial charge >= 0.3 is 0 Å². The number of benzene rings is 1. The van der Waals surface area contributed by atoms with Gasteiger partial charge in [0, 0.05) is 30.3 Å². The van der Waals surface area contributed by atoms with Crippen LogP contribution in [0.5, 0.6) is 0 Å². The van der Waals surface area contributed by atoms with Crippen LogP contribution >= 0.6 is 11.6 Å². The van der Waals surface area contributed by atoms with Crippen LogP contribution in [0.25, 0.3) is 5.57 Å². The summed E-state index contributed by atoms with van der Waals surface area (Å²) >= 11 is 6.04. The minimum Gasteiger partial charge on any atom is -0.376 e. The maximum absolute atomic E-state index is 15.1. The van der Waals surface area contributed by atoms with Crippen LogP contribution in [0.1, 0.15) is 17.5 Å². The van der Waals surface area contributed by atoms with E-state index in [-0.39, 0.29) is 11.9 Å². The molecule has 0 aliphatic heterocycles. The van der Waals surface area contributed by atoms with Crippen LogP contribution in [0.3, 0.4) is 0 Å². The second-order valence-electron chi connectivity index (χ2n) is 5.59. The SMILES string of the molecule is CO[C@H]1CC=C(Cc2ccc(F)nc2)C(F)=C1c1cccc(Cl)c1. The van der Waals surface area contributed by atoms with E-state index in [0.29, 0.717) is 34.6 Å². The standard InChI is InChI=1S/C19H16ClF2NO/c1-24-16-7-6-14(9-12-5-8-17(21)23-11-12)19(22)18(16)13-3-2-4-15(20)10-13/h2-6,8,10-11,16H,7,9H2,1H3/t16-/m0/s1. The quantitative estimate of drug-likeness (QED) is 0.714. The lowest BCUT2D eigenvalue weighted by molar-refractivity contribution is 0.148. The topological polar surface area (TPSA) is 22.1 Å². The fraction of sp³-hybridized carbons (Fsp3) is 0.211. The van der Waals surface area contributed by atoms with Crippen molar-refractivity contribution in [2.24, 2.45) is 0 Å². The third-order valence-corrected chi connectivity index (χ3v) is 4.26. The van der Waals surface area contributed by atoms with Crippen LogP contribution in [-0.2, 0) is 11.2 Å². The van der Waals surface area contributed by atoms with Crippen LogP contribution in [0.4, 0.5) is 8.78 Å². The fourth-order valence-corrected chi connectivity index (χ4v) is 3.02. The summed E-state index contributed by atoms with van der Waals surface area (Å²) in [7, 11) is 1.56. The van der Waals surface area contributed by atoms with E-state index < -0.39 is 5.95 Å². The Morgan fingerprint density at radius 2 is 2.08 bits per heavy atom. The highest BCUT2D eigenvalue weighted by atomic mass is 35.5. The van der Waals surface area contributed by atoms with E-state index in [1.165, 1.54) is 12.3 Å². The molecule has 1 aromatic heterocycles. The van der Waals surface area contributed by atoms with Crippen molar-refractivity contribution >= 4 is 17.2 Å². The summed E-state index contributed by atoms with van der Waals surface area (Å²) in [5.74, 6) is -0.869. The van der Waals surface area contributed by atoms with E-state index in [9.17, 15) is 4.39 Å². The molecule has 1 aliphatic carbocycles. The summed E-state index contributed by atoms with van der Waals surface area (Å²) in [5.41, 5.74) is 2.49. The zero-order valence-electron chi connectivity index (χ0n) is 13.1. The minimum absolute atomic E-state index is 0.320. The van der Waals surface area contributed by atoms with Gasteiger partial charge in [-0.15, -0.1) is 0 Å². The van der Waals surface area contributed by atoms with Crippen molar-refractivity contribution < 1.29 is 13.5 Å². The van der Waals surface area contributed by atoms with E-state index in [4.69, 9.17) is 16.3 Å². The molecule has 2 aromatic rings. The predicted molar refractivity (Wildman–Crippen MR) is 90.9 cm³/mol. The van der Waals surface area contributed by atoms with Crippen molar-refractivity contribution in [2.75, 3.05) is 7.11 Å². The zero-order valence-corrected chi connectivity index (χ0v) is 13.9. The molecule has 1 aliphatic rings. The van der Waals surface area contributed by atoms with Gasteiger partial charge in [-0.25, -0.2) is 9.37 Å². The zero-order chi connectivity index (χ0) is 17.1. The molecule has 0 spiro atoms. The van der Waals surface area contributed by atoms with Crippen LogP contribution in [0, 0.1) is 5.95 Å². The molecule has 1 aromatic carbocycles. The maximum atomic E-state index is 15.1. The highest BCUT2D eigenvalue weighted by molar-refractivity contribution is 6.30. The number of allylic oxidation sites excluding steroid dienone is 2. The summed E-state index contributed by atoms with van der Waals surface area (Å²) in [6.45, 7) is 0. The molecule has 2 nitrogen and oxygen atoms in total. The summed E-state index contributed by atoms with van der Waals surface area (Å²) < 4.78 is 33.5. The molecule has 0 bridgehead atoms. The Kier molecular flexibility index (Phi) is 5.07. The number of aromatic nitrogens is 1. The van der Waals surface area contributed by atoms with Gasteiger partial charge in [0.25, 0.3) is 0 Å². The molecule has 3 rings (SSSR count). The Labute approximate surface area is 144 Å². The van der Waals surface area contributed by atoms with E-state index >= 15 is 4.39 Å².